The highest BCUT2D eigenvalue weighted by molar-refractivity contribution is 6.33. The Balaban J connectivity index is 2.13. The maximum absolute atomic E-state index is 13.1. The Morgan fingerprint density at radius 2 is 1.81 bits per heavy atom. The zero-order valence-electron chi connectivity index (χ0n) is 10.5. The average molecular weight is 320 g/mol. The molecule has 0 bridgehead atoms. The standard InChI is InChI=1S/C14H10ClF4NO/c15-12-5-9(14(17,18)19)1-2-13(12)20-7-8-3-10(16)6-11(21)4-8/h1-6,20-21H,7H2. The van der Waals surface area contributed by atoms with E-state index in [-0.39, 0.29) is 23.0 Å². The molecule has 2 rings (SSSR count). The lowest BCUT2D eigenvalue weighted by Gasteiger charge is -2.12. The number of halogens is 5. The first-order valence-electron chi connectivity index (χ1n) is 5.85. The van der Waals surface area contributed by atoms with Crippen LogP contribution in [0.5, 0.6) is 5.75 Å². The highest BCUT2D eigenvalue weighted by Crippen LogP contribution is 2.33. The van der Waals surface area contributed by atoms with Crippen molar-refractivity contribution < 1.29 is 22.7 Å². The van der Waals surface area contributed by atoms with Crippen molar-refractivity contribution in [1.29, 1.82) is 0 Å². The van der Waals surface area contributed by atoms with Gasteiger partial charge in [0.1, 0.15) is 11.6 Å². The second kappa shape index (κ2) is 5.81. The van der Waals surface area contributed by atoms with Crippen molar-refractivity contribution in [3.05, 3.63) is 58.4 Å². The summed E-state index contributed by atoms with van der Waals surface area (Å²) >= 11 is 5.78. The number of hydrogen-bond acceptors (Lipinski definition) is 2. The van der Waals surface area contributed by atoms with Crippen LogP contribution in [0, 0.1) is 5.82 Å². The molecule has 0 aromatic heterocycles. The normalized spacial score (nSPS) is 11.5. The van der Waals surface area contributed by atoms with Gasteiger partial charge in [0.15, 0.2) is 0 Å². The number of hydrogen-bond donors (Lipinski definition) is 2. The van der Waals surface area contributed by atoms with E-state index in [1.165, 1.54) is 18.2 Å². The molecule has 0 saturated heterocycles. The smallest absolute Gasteiger partial charge is 0.416 e. The molecule has 112 valence electrons. The minimum absolute atomic E-state index is 0.0922. The number of alkyl halides is 3. The van der Waals surface area contributed by atoms with Crippen molar-refractivity contribution in [1.82, 2.24) is 0 Å². The Labute approximate surface area is 123 Å². The summed E-state index contributed by atoms with van der Waals surface area (Å²) in [6.45, 7) is 0.108. The van der Waals surface area contributed by atoms with E-state index in [4.69, 9.17) is 11.6 Å². The molecule has 2 nitrogen and oxygen atoms in total. The maximum Gasteiger partial charge on any atom is 0.416 e. The Kier molecular flexibility index (Phi) is 4.27. The molecule has 0 unspecified atom stereocenters. The fraction of sp³-hybridized carbons (Fsp3) is 0.143. The summed E-state index contributed by atoms with van der Waals surface area (Å²) in [5.74, 6) is -0.837. The van der Waals surface area contributed by atoms with Gasteiger partial charge in [-0.2, -0.15) is 13.2 Å². The SMILES string of the molecule is Oc1cc(F)cc(CNc2ccc(C(F)(F)F)cc2Cl)c1. The van der Waals surface area contributed by atoms with Crippen molar-refractivity contribution in [3.63, 3.8) is 0 Å². The summed E-state index contributed by atoms with van der Waals surface area (Å²) in [5.41, 5.74) is -0.127. The molecule has 0 aliphatic carbocycles. The number of anilines is 1. The molecule has 0 radical (unpaired) electrons. The molecule has 0 atom stereocenters. The Bertz CT molecular complexity index is 638. The van der Waals surface area contributed by atoms with Crippen molar-refractivity contribution in [2.75, 3.05) is 5.32 Å². The van der Waals surface area contributed by atoms with Crippen LogP contribution in [0.1, 0.15) is 11.1 Å². The lowest BCUT2D eigenvalue weighted by molar-refractivity contribution is -0.137. The molecular formula is C14H10ClF4NO. The summed E-state index contributed by atoms with van der Waals surface area (Å²) in [6.07, 6.45) is -4.46. The minimum Gasteiger partial charge on any atom is -0.508 e. The highest BCUT2D eigenvalue weighted by Gasteiger charge is 2.30. The number of aromatic hydroxyl groups is 1. The first-order chi connectivity index (χ1) is 9.75. The molecule has 0 spiro atoms. The minimum atomic E-state index is -4.46. The van der Waals surface area contributed by atoms with Gasteiger partial charge in [-0.3, -0.25) is 0 Å². The number of rotatable bonds is 3. The molecule has 0 fully saturated rings. The number of nitrogens with one attached hydrogen (secondary N) is 1. The van der Waals surface area contributed by atoms with Crippen LogP contribution in [0.25, 0.3) is 0 Å². The predicted octanol–water partition coefficient (Wildman–Crippen LogP) is 4.82. The molecule has 21 heavy (non-hydrogen) atoms. The maximum atomic E-state index is 13.1. The van der Waals surface area contributed by atoms with Gasteiger partial charge in [-0.25, -0.2) is 4.39 Å². The Hall–Kier alpha value is -1.95. The van der Waals surface area contributed by atoms with Crippen LogP contribution in [0.3, 0.4) is 0 Å². The number of phenolic OH excluding ortho intramolecular Hbond substituents is 1. The first kappa shape index (κ1) is 15.4. The molecule has 7 heteroatoms. The van der Waals surface area contributed by atoms with Gasteiger partial charge < -0.3 is 10.4 Å². The molecule has 0 aliphatic rings. The summed E-state index contributed by atoms with van der Waals surface area (Å²) in [5, 5.41) is 11.9. The molecule has 0 aliphatic heterocycles. The van der Waals surface area contributed by atoms with Crippen molar-refractivity contribution in [2.45, 2.75) is 12.7 Å². The van der Waals surface area contributed by atoms with Crippen LogP contribution < -0.4 is 5.32 Å². The van der Waals surface area contributed by atoms with Gasteiger partial charge >= 0.3 is 6.18 Å². The van der Waals surface area contributed by atoms with E-state index in [0.717, 1.165) is 18.2 Å². The molecule has 0 saturated carbocycles. The van der Waals surface area contributed by atoms with Gasteiger partial charge in [-0.15, -0.1) is 0 Å². The molecule has 0 heterocycles. The van der Waals surface area contributed by atoms with E-state index in [9.17, 15) is 22.7 Å². The van der Waals surface area contributed by atoms with E-state index in [0.29, 0.717) is 5.56 Å². The topological polar surface area (TPSA) is 32.3 Å². The summed E-state index contributed by atoms with van der Waals surface area (Å²) in [4.78, 5) is 0. The molecule has 2 aromatic rings. The number of benzene rings is 2. The van der Waals surface area contributed by atoms with Crippen LogP contribution in [0.2, 0.25) is 5.02 Å². The third-order valence-corrected chi connectivity index (χ3v) is 3.03. The molecule has 2 aromatic carbocycles. The van der Waals surface area contributed by atoms with Crippen molar-refractivity contribution in [3.8, 4) is 5.75 Å². The Morgan fingerprint density at radius 3 is 2.38 bits per heavy atom. The van der Waals surface area contributed by atoms with Gasteiger partial charge in [-0.1, -0.05) is 11.6 Å². The zero-order valence-corrected chi connectivity index (χ0v) is 11.3. The lowest BCUT2D eigenvalue weighted by Crippen LogP contribution is -2.06. The average Bonchev–Trinajstić information content (AvgIpc) is 2.35. The Morgan fingerprint density at radius 1 is 1.10 bits per heavy atom. The quantitative estimate of drug-likeness (QED) is 0.795. The monoisotopic (exact) mass is 319 g/mol. The van der Waals surface area contributed by atoms with Gasteiger partial charge in [0.05, 0.1) is 16.3 Å². The van der Waals surface area contributed by atoms with Crippen LogP contribution >= 0.6 is 11.6 Å². The fourth-order valence-electron chi connectivity index (χ4n) is 1.77. The third-order valence-electron chi connectivity index (χ3n) is 2.72. The van der Waals surface area contributed by atoms with Crippen LogP contribution in [0.15, 0.2) is 36.4 Å². The fourth-order valence-corrected chi connectivity index (χ4v) is 2.01. The first-order valence-corrected chi connectivity index (χ1v) is 6.22. The number of phenols is 1. The van der Waals surface area contributed by atoms with Crippen LogP contribution in [-0.4, -0.2) is 5.11 Å². The van der Waals surface area contributed by atoms with E-state index >= 15 is 0 Å². The van der Waals surface area contributed by atoms with E-state index < -0.39 is 17.6 Å². The van der Waals surface area contributed by atoms with Gasteiger partial charge in [0.2, 0.25) is 0 Å². The highest BCUT2D eigenvalue weighted by atomic mass is 35.5. The van der Waals surface area contributed by atoms with Gasteiger partial charge in [0, 0.05) is 12.6 Å². The summed E-state index contributed by atoms with van der Waals surface area (Å²) in [7, 11) is 0. The zero-order chi connectivity index (χ0) is 15.6. The van der Waals surface area contributed by atoms with E-state index in [2.05, 4.69) is 5.32 Å². The largest absolute Gasteiger partial charge is 0.508 e. The van der Waals surface area contributed by atoms with Crippen molar-refractivity contribution >= 4 is 17.3 Å². The predicted molar refractivity (Wildman–Crippen MR) is 71.8 cm³/mol. The second-order valence-electron chi connectivity index (χ2n) is 4.36. The lowest BCUT2D eigenvalue weighted by atomic mass is 10.1. The molecule has 2 N–H and O–H groups in total. The van der Waals surface area contributed by atoms with Crippen LogP contribution in [0.4, 0.5) is 23.2 Å². The second-order valence-corrected chi connectivity index (χ2v) is 4.77. The van der Waals surface area contributed by atoms with Crippen LogP contribution in [-0.2, 0) is 12.7 Å². The molecule has 0 amide bonds. The van der Waals surface area contributed by atoms with E-state index in [1.807, 2.05) is 0 Å². The van der Waals surface area contributed by atoms with Gasteiger partial charge in [-0.05, 0) is 35.9 Å². The van der Waals surface area contributed by atoms with E-state index in [1.54, 1.807) is 0 Å². The third kappa shape index (κ3) is 4.01. The van der Waals surface area contributed by atoms with Gasteiger partial charge in [0.25, 0.3) is 0 Å². The summed E-state index contributed by atoms with van der Waals surface area (Å²) < 4.78 is 50.6. The summed E-state index contributed by atoms with van der Waals surface area (Å²) in [6, 6.07) is 6.40. The van der Waals surface area contributed by atoms with Crippen molar-refractivity contribution in [2.24, 2.45) is 0 Å². The molecular weight excluding hydrogens is 310 g/mol.